The number of carbonyl (C=O) groups is 1. The van der Waals surface area contributed by atoms with Gasteiger partial charge < -0.3 is 14.9 Å². The molecular formula is C8H16O4. The van der Waals surface area contributed by atoms with Crippen LogP contribution >= 0.6 is 0 Å². The van der Waals surface area contributed by atoms with Crippen molar-refractivity contribution in [2.45, 2.75) is 25.7 Å². The van der Waals surface area contributed by atoms with Crippen LogP contribution in [0.25, 0.3) is 0 Å². The second kappa shape index (κ2) is 8.49. The molecule has 0 fully saturated rings. The van der Waals surface area contributed by atoms with Crippen molar-refractivity contribution in [1.82, 2.24) is 0 Å². The zero-order valence-electron chi connectivity index (χ0n) is 7.16. The first-order valence-corrected chi connectivity index (χ1v) is 4.18. The van der Waals surface area contributed by atoms with E-state index in [1.54, 1.807) is 0 Å². The number of unbranched alkanes of at least 4 members (excludes halogenated alkanes) is 2. The Morgan fingerprint density at radius 3 is 2.42 bits per heavy atom. The summed E-state index contributed by atoms with van der Waals surface area (Å²) in [6, 6.07) is 0. The van der Waals surface area contributed by atoms with Gasteiger partial charge in [0.05, 0.1) is 6.61 Å². The molecule has 72 valence electrons. The highest BCUT2D eigenvalue weighted by Gasteiger charge is 2.00. The van der Waals surface area contributed by atoms with Crippen LogP contribution in [0.5, 0.6) is 0 Å². The first-order chi connectivity index (χ1) is 5.81. The molecule has 0 aromatic carbocycles. The molecule has 0 aromatic rings. The van der Waals surface area contributed by atoms with Gasteiger partial charge in [-0.05, 0) is 12.8 Å². The molecule has 12 heavy (non-hydrogen) atoms. The molecule has 0 aliphatic rings. The molecule has 0 bridgehead atoms. The minimum atomic E-state index is -0.276. The first-order valence-electron chi connectivity index (χ1n) is 4.18. The van der Waals surface area contributed by atoms with Crippen molar-refractivity contribution in [2.75, 3.05) is 19.8 Å². The smallest absolute Gasteiger partial charge is 0.305 e. The molecule has 0 saturated heterocycles. The van der Waals surface area contributed by atoms with Gasteiger partial charge in [0.15, 0.2) is 0 Å². The Bertz CT molecular complexity index is 114. The van der Waals surface area contributed by atoms with Gasteiger partial charge in [-0.1, -0.05) is 6.42 Å². The van der Waals surface area contributed by atoms with Gasteiger partial charge in [0.25, 0.3) is 0 Å². The van der Waals surface area contributed by atoms with Crippen LogP contribution in [0.3, 0.4) is 0 Å². The molecule has 0 aromatic heterocycles. The van der Waals surface area contributed by atoms with E-state index in [9.17, 15) is 4.79 Å². The molecule has 0 rings (SSSR count). The second-order valence-corrected chi connectivity index (χ2v) is 2.48. The van der Waals surface area contributed by atoms with E-state index in [-0.39, 0.29) is 25.8 Å². The summed E-state index contributed by atoms with van der Waals surface area (Å²) in [6.45, 7) is 0.132. The maximum Gasteiger partial charge on any atom is 0.305 e. The quantitative estimate of drug-likeness (QED) is 0.425. The van der Waals surface area contributed by atoms with Crippen LogP contribution in [0, 0.1) is 0 Å². The lowest BCUT2D eigenvalue weighted by atomic mass is 10.2. The van der Waals surface area contributed by atoms with Crippen LogP contribution in [-0.4, -0.2) is 36.0 Å². The standard InChI is InChI=1S/C8H16O4/c9-5-3-1-2-4-8(11)12-7-6-10/h9-10H,1-7H2. The predicted octanol–water partition coefficient (Wildman–Crippen LogP) is 0.0746. The van der Waals surface area contributed by atoms with E-state index in [4.69, 9.17) is 10.2 Å². The number of aliphatic hydroxyl groups excluding tert-OH is 2. The van der Waals surface area contributed by atoms with E-state index in [0.29, 0.717) is 6.42 Å². The maximum atomic E-state index is 10.8. The van der Waals surface area contributed by atoms with Gasteiger partial charge in [-0.25, -0.2) is 0 Å². The van der Waals surface area contributed by atoms with E-state index in [0.717, 1.165) is 19.3 Å². The Kier molecular flexibility index (Phi) is 8.05. The number of hydrogen-bond donors (Lipinski definition) is 2. The topological polar surface area (TPSA) is 66.8 Å². The third-order valence-electron chi connectivity index (χ3n) is 1.39. The lowest BCUT2D eigenvalue weighted by Gasteiger charge is -2.01. The maximum absolute atomic E-state index is 10.8. The minimum absolute atomic E-state index is 0.0822. The third kappa shape index (κ3) is 7.50. The summed E-state index contributed by atoms with van der Waals surface area (Å²) < 4.78 is 4.62. The van der Waals surface area contributed by atoms with Crippen LogP contribution in [0.4, 0.5) is 0 Å². The second-order valence-electron chi connectivity index (χ2n) is 2.48. The van der Waals surface area contributed by atoms with Crippen molar-refractivity contribution in [1.29, 1.82) is 0 Å². The fraction of sp³-hybridized carbons (Fsp3) is 0.875. The third-order valence-corrected chi connectivity index (χ3v) is 1.39. The van der Waals surface area contributed by atoms with Crippen molar-refractivity contribution in [2.24, 2.45) is 0 Å². The van der Waals surface area contributed by atoms with Gasteiger partial charge >= 0.3 is 5.97 Å². The molecule has 2 N–H and O–H groups in total. The Morgan fingerprint density at radius 1 is 1.08 bits per heavy atom. The van der Waals surface area contributed by atoms with Crippen LogP contribution in [0.1, 0.15) is 25.7 Å². The molecule has 0 radical (unpaired) electrons. The molecule has 0 heterocycles. The first kappa shape index (κ1) is 11.4. The van der Waals surface area contributed by atoms with Crippen LogP contribution in [-0.2, 0) is 9.53 Å². The van der Waals surface area contributed by atoms with Gasteiger partial charge in [0.1, 0.15) is 6.61 Å². The summed E-state index contributed by atoms with van der Waals surface area (Å²) in [5.41, 5.74) is 0. The Balaban J connectivity index is 3.08. The lowest BCUT2D eigenvalue weighted by molar-refractivity contribution is -0.144. The SMILES string of the molecule is O=C(CCCCCO)OCCO. The minimum Gasteiger partial charge on any atom is -0.463 e. The van der Waals surface area contributed by atoms with Crippen molar-refractivity contribution in [3.63, 3.8) is 0 Å². The monoisotopic (exact) mass is 176 g/mol. The normalized spacial score (nSPS) is 9.83. The van der Waals surface area contributed by atoms with Gasteiger partial charge in [-0.3, -0.25) is 4.79 Å². The average molecular weight is 176 g/mol. The highest BCUT2D eigenvalue weighted by molar-refractivity contribution is 5.69. The zero-order chi connectivity index (χ0) is 9.23. The molecule has 4 nitrogen and oxygen atoms in total. The highest BCUT2D eigenvalue weighted by atomic mass is 16.5. The van der Waals surface area contributed by atoms with E-state index >= 15 is 0 Å². The highest BCUT2D eigenvalue weighted by Crippen LogP contribution is 2.00. The Morgan fingerprint density at radius 2 is 1.83 bits per heavy atom. The van der Waals surface area contributed by atoms with Crippen molar-refractivity contribution < 1.29 is 19.7 Å². The molecule has 0 amide bonds. The Hall–Kier alpha value is -0.610. The summed E-state index contributed by atoms with van der Waals surface area (Å²) >= 11 is 0. The fourth-order valence-electron chi connectivity index (χ4n) is 0.790. The number of esters is 1. The van der Waals surface area contributed by atoms with E-state index in [2.05, 4.69) is 4.74 Å². The summed E-state index contributed by atoms with van der Waals surface area (Å²) in [5, 5.41) is 16.7. The largest absolute Gasteiger partial charge is 0.463 e. The summed E-state index contributed by atoms with van der Waals surface area (Å²) in [4.78, 5) is 10.8. The van der Waals surface area contributed by atoms with Gasteiger partial charge in [0.2, 0.25) is 0 Å². The number of rotatable bonds is 7. The van der Waals surface area contributed by atoms with Crippen molar-refractivity contribution in [3.05, 3.63) is 0 Å². The van der Waals surface area contributed by atoms with Gasteiger partial charge in [-0.15, -0.1) is 0 Å². The summed E-state index contributed by atoms with van der Waals surface area (Å²) in [6.07, 6.45) is 2.68. The molecule has 0 aliphatic carbocycles. The summed E-state index contributed by atoms with van der Waals surface area (Å²) in [7, 11) is 0. The fourth-order valence-corrected chi connectivity index (χ4v) is 0.790. The van der Waals surface area contributed by atoms with Crippen molar-refractivity contribution >= 4 is 5.97 Å². The van der Waals surface area contributed by atoms with Crippen LogP contribution in [0.15, 0.2) is 0 Å². The van der Waals surface area contributed by atoms with Gasteiger partial charge in [0, 0.05) is 13.0 Å². The zero-order valence-corrected chi connectivity index (χ0v) is 7.16. The molecule has 0 atom stereocenters. The molecule has 0 spiro atoms. The molecule has 0 saturated carbocycles. The molecule has 0 aliphatic heterocycles. The van der Waals surface area contributed by atoms with Crippen LogP contribution < -0.4 is 0 Å². The number of aliphatic hydroxyl groups is 2. The number of hydrogen-bond acceptors (Lipinski definition) is 4. The number of ether oxygens (including phenoxy) is 1. The number of carbonyl (C=O) groups excluding carboxylic acids is 1. The van der Waals surface area contributed by atoms with E-state index in [1.807, 2.05) is 0 Å². The molecular weight excluding hydrogens is 160 g/mol. The average Bonchev–Trinajstić information content (AvgIpc) is 2.09. The van der Waals surface area contributed by atoms with Crippen LogP contribution in [0.2, 0.25) is 0 Å². The van der Waals surface area contributed by atoms with E-state index in [1.165, 1.54) is 0 Å². The van der Waals surface area contributed by atoms with E-state index < -0.39 is 0 Å². The van der Waals surface area contributed by atoms with Gasteiger partial charge in [-0.2, -0.15) is 0 Å². The predicted molar refractivity (Wildman–Crippen MR) is 43.6 cm³/mol. The summed E-state index contributed by atoms with van der Waals surface area (Å²) in [5.74, 6) is -0.276. The Labute approximate surface area is 72.2 Å². The molecule has 0 unspecified atom stereocenters. The molecule has 4 heteroatoms. The van der Waals surface area contributed by atoms with Crippen molar-refractivity contribution in [3.8, 4) is 0 Å². The lowest BCUT2D eigenvalue weighted by Crippen LogP contribution is -2.07.